The van der Waals surface area contributed by atoms with Gasteiger partial charge in [-0.15, -0.1) is 0 Å². The fourth-order valence-electron chi connectivity index (χ4n) is 2.13. The van der Waals surface area contributed by atoms with Gasteiger partial charge in [0.1, 0.15) is 0 Å². The first kappa shape index (κ1) is 16.3. The summed E-state index contributed by atoms with van der Waals surface area (Å²) in [5.74, 6) is -1.10. The molecule has 0 spiro atoms. The number of carbonyl (C=O) groups is 1. The first-order valence-corrected chi connectivity index (χ1v) is 9.45. The van der Waals surface area contributed by atoms with Crippen molar-refractivity contribution in [3.63, 3.8) is 0 Å². The minimum Gasteiger partial charge on any atom is -0.478 e. The molecular formula is C14H19NO4S2. The summed E-state index contributed by atoms with van der Waals surface area (Å²) in [7, 11) is -3.67. The van der Waals surface area contributed by atoms with Crippen molar-refractivity contribution in [1.82, 2.24) is 4.72 Å². The highest BCUT2D eigenvalue weighted by atomic mass is 32.2. The summed E-state index contributed by atoms with van der Waals surface area (Å²) < 4.78 is 27.2. The van der Waals surface area contributed by atoms with E-state index in [2.05, 4.69) is 4.72 Å². The van der Waals surface area contributed by atoms with E-state index in [0.717, 1.165) is 12.8 Å². The summed E-state index contributed by atoms with van der Waals surface area (Å²) in [6.07, 6.45) is 4.53. The molecule has 0 bridgehead atoms. The van der Waals surface area contributed by atoms with Crippen molar-refractivity contribution < 1.29 is 18.3 Å². The van der Waals surface area contributed by atoms with E-state index in [4.69, 9.17) is 0 Å². The van der Waals surface area contributed by atoms with E-state index in [9.17, 15) is 18.3 Å². The monoisotopic (exact) mass is 329 g/mol. The van der Waals surface area contributed by atoms with Gasteiger partial charge in [0.15, 0.2) is 0 Å². The van der Waals surface area contributed by atoms with Crippen LogP contribution in [0.3, 0.4) is 0 Å². The zero-order valence-electron chi connectivity index (χ0n) is 12.0. The molecule has 1 saturated carbocycles. The quantitative estimate of drug-likeness (QED) is 0.800. The van der Waals surface area contributed by atoms with Crippen LogP contribution in [0.15, 0.2) is 23.1 Å². The maximum absolute atomic E-state index is 12.3. The smallest absolute Gasteiger partial charge is 0.336 e. The van der Waals surface area contributed by atoms with Gasteiger partial charge in [0, 0.05) is 11.3 Å². The number of rotatable bonds is 7. The predicted octanol–water partition coefficient (Wildman–Crippen LogP) is 2.12. The Hall–Kier alpha value is -1.05. The number of carboxylic acids is 1. The van der Waals surface area contributed by atoms with Gasteiger partial charge in [0.25, 0.3) is 0 Å². The molecule has 0 atom stereocenters. The number of hydrogen-bond donors (Lipinski definition) is 2. The Bertz CT molecular complexity index is 651. The third-order valence-corrected chi connectivity index (χ3v) is 6.65. The number of aromatic carboxylic acids is 1. The highest BCUT2D eigenvalue weighted by Gasteiger charge is 2.42. The van der Waals surface area contributed by atoms with E-state index in [0.29, 0.717) is 18.5 Å². The molecule has 1 aliphatic carbocycles. The predicted molar refractivity (Wildman–Crippen MR) is 83.4 cm³/mol. The summed E-state index contributed by atoms with van der Waals surface area (Å²) in [5.41, 5.74) is 0.676. The summed E-state index contributed by atoms with van der Waals surface area (Å²) in [4.78, 5) is 11.2. The minimum atomic E-state index is -3.67. The second-order valence-electron chi connectivity index (χ2n) is 5.19. The maximum atomic E-state index is 12.3. The first-order chi connectivity index (χ1) is 9.83. The average Bonchev–Trinajstić information content (AvgIpc) is 3.25. The second kappa shape index (κ2) is 5.98. The number of carboxylic acid groups (broad SMARTS) is 1. The van der Waals surface area contributed by atoms with Gasteiger partial charge in [-0.2, -0.15) is 11.8 Å². The van der Waals surface area contributed by atoms with E-state index in [1.165, 1.54) is 12.1 Å². The van der Waals surface area contributed by atoms with Crippen molar-refractivity contribution >= 4 is 27.8 Å². The number of thioether (sulfide) groups is 1. The Balaban J connectivity index is 2.23. The van der Waals surface area contributed by atoms with Gasteiger partial charge in [-0.3, -0.25) is 0 Å². The lowest BCUT2D eigenvalue weighted by Gasteiger charge is -2.14. The molecule has 7 heteroatoms. The molecule has 5 nitrogen and oxygen atoms in total. The molecule has 1 aliphatic rings. The van der Waals surface area contributed by atoms with Crippen LogP contribution in [0, 0.1) is 0 Å². The number of sulfonamides is 1. The molecule has 21 heavy (non-hydrogen) atoms. The lowest BCUT2D eigenvalue weighted by molar-refractivity contribution is 0.0695. The molecular weight excluding hydrogens is 310 g/mol. The molecule has 2 rings (SSSR count). The van der Waals surface area contributed by atoms with E-state index in [1.807, 2.05) is 13.2 Å². The molecule has 0 aliphatic heterocycles. The Morgan fingerprint density at radius 2 is 2.10 bits per heavy atom. The largest absolute Gasteiger partial charge is 0.478 e. The van der Waals surface area contributed by atoms with Crippen molar-refractivity contribution in [2.75, 3.05) is 12.8 Å². The van der Waals surface area contributed by atoms with Crippen molar-refractivity contribution in [2.45, 2.75) is 35.8 Å². The van der Waals surface area contributed by atoms with Crippen molar-refractivity contribution in [1.29, 1.82) is 0 Å². The third-order valence-electron chi connectivity index (χ3n) is 3.83. The zero-order chi connectivity index (χ0) is 15.7. The number of aryl methyl sites for hydroxylation is 1. The SMILES string of the molecule is CCc1ccc(S(=O)(=O)NCC2(SC)CC2)cc1C(=O)O. The van der Waals surface area contributed by atoms with Gasteiger partial charge in [-0.05, 0) is 43.2 Å². The standard InChI is InChI=1S/C14H19NO4S2/c1-3-10-4-5-11(8-12(10)13(16)17)21(18,19)15-9-14(20-2)6-7-14/h4-5,8,15H,3,6-7,9H2,1-2H3,(H,16,17). The third kappa shape index (κ3) is 3.59. The van der Waals surface area contributed by atoms with Crippen LogP contribution in [0.2, 0.25) is 0 Å². The fourth-order valence-corrected chi connectivity index (χ4v) is 4.10. The first-order valence-electron chi connectivity index (χ1n) is 6.74. The number of benzene rings is 1. The van der Waals surface area contributed by atoms with Gasteiger partial charge in [0.2, 0.25) is 10.0 Å². The van der Waals surface area contributed by atoms with Crippen LogP contribution in [0.1, 0.15) is 35.7 Å². The molecule has 1 fully saturated rings. The summed E-state index contributed by atoms with van der Waals surface area (Å²) >= 11 is 1.67. The highest BCUT2D eigenvalue weighted by molar-refractivity contribution is 8.00. The normalized spacial score (nSPS) is 16.7. The van der Waals surface area contributed by atoms with E-state index >= 15 is 0 Å². The molecule has 116 valence electrons. The lowest BCUT2D eigenvalue weighted by atomic mass is 10.1. The van der Waals surface area contributed by atoms with Crippen LogP contribution < -0.4 is 4.72 Å². The topological polar surface area (TPSA) is 83.5 Å². The van der Waals surface area contributed by atoms with E-state index in [-0.39, 0.29) is 15.2 Å². The summed E-state index contributed by atoms with van der Waals surface area (Å²) in [6.45, 7) is 2.22. The number of hydrogen-bond acceptors (Lipinski definition) is 4. The van der Waals surface area contributed by atoms with Crippen LogP contribution in [-0.4, -0.2) is 37.0 Å². The molecule has 0 saturated heterocycles. The lowest BCUT2D eigenvalue weighted by Crippen LogP contribution is -2.31. The van der Waals surface area contributed by atoms with Crippen LogP contribution in [0.5, 0.6) is 0 Å². The summed E-state index contributed by atoms with van der Waals surface area (Å²) in [5, 5.41) is 9.18. The Morgan fingerprint density at radius 1 is 1.43 bits per heavy atom. The zero-order valence-corrected chi connectivity index (χ0v) is 13.7. The summed E-state index contributed by atoms with van der Waals surface area (Å²) in [6, 6.07) is 4.27. The van der Waals surface area contributed by atoms with Crippen LogP contribution in [0.4, 0.5) is 0 Å². The van der Waals surface area contributed by atoms with Crippen molar-refractivity contribution in [3.05, 3.63) is 29.3 Å². The molecule has 0 aromatic heterocycles. The van der Waals surface area contributed by atoms with Gasteiger partial charge >= 0.3 is 5.97 Å². The second-order valence-corrected chi connectivity index (χ2v) is 8.23. The van der Waals surface area contributed by atoms with Crippen LogP contribution >= 0.6 is 11.8 Å². The Morgan fingerprint density at radius 3 is 2.57 bits per heavy atom. The van der Waals surface area contributed by atoms with Gasteiger partial charge < -0.3 is 5.11 Å². The average molecular weight is 329 g/mol. The molecule has 1 aromatic rings. The van der Waals surface area contributed by atoms with Crippen LogP contribution in [-0.2, 0) is 16.4 Å². The molecule has 1 aromatic carbocycles. The van der Waals surface area contributed by atoms with Gasteiger partial charge in [0.05, 0.1) is 10.5 Å². The minimum absolute atomic E-state index is 0.00834. The van der Waals surface area contributed by atoms with Gasteiger partial charge in [-0.25, -0.2) is 17.9 Å². The van der Waals surface area contributed by atoms with Crippen molar-refractivity contribution in [3.8, 4) is 0 Å². The molecule has 0 unspecified atom stereocenters. The van der Waals surface area contributed by atoms with Crippen LogP contribution in [0.25, 0.3) is 0 Å². The molecule has 0 amide bonds. The Kier molecular flexibility index (Phi) is 4.65. The van der Waals surface area contributed by atoms with Crippen molar-refractivity contribution in [2.24, 2.45) is 0 Å². The highest BCUT2D eigenvalue weighted by Crippen LogP contribution is 2.46. The Labute approximate surface area is 129 Å². The molecule has 0 radical (unpaired) electrons. The van der Waals surface area contributed by atoms with E-state index < -0.39 is 16.0 Å². The van der Waals surface area contributed by atoms with Gasteiger partial charge in [-0.1, -0.05) is 13.0 Å². The molecule has 2 N–H and O–H groups in total. The maximum Gasteiger partial charge on any atom is 0.336 e. The number of nitrogens with one attached hydrogen (secondary N) is 1. The molecule has 0 heterocycles. The van der Waals surface area contributed by atoms with E-state index in [1.54, 1.807) is 17.8 Å². The fraction of sp³-hybridized carbons (Fsp3) is 0.500.